The van der Waals surface area contributed by atoms with Crippen LogP contribution >= 0.6 is 23.1 Å². The van der Waals surface area contributed by atoms with Crippen LogP contribution in [0.4, 0.5) is 0 Å². The molecule has 3 heterocycles. The minimum absolute atomic E-state index is 0.104. The van der Waals surface area contributed by atoms with E-state index in [-0.39, 0.29) is 5.25 Å². The maximum atomic E-state index is 6.13. The number of benzene rings is 1. The molecular weight excluding hydrogens is 356 g/mol. The van der Waals surface area contributed by atoms with Gasteiger partial charge in [-0.05, 0) is 30.5 Å². The minimum Gasteiger partial charge on any atom is -0.419 e. The van der Waals surface area contributed by atoms with E-state index in [2.05, 4.69) is 20.4 Å². The molecular formula is C16H14N6OS2. The van der Waals surface area contributed by atoms with Gasteiger partial charge < -0.3 is 10.3 Å². The quantitative estimate of drug-likeness (QED) is 0.423. The highest BCUT2D eigenvalue weighted by molar-refractivity contribution is 7.99. The van der Waals surface area contributed by atoms with Crippen molar-refractivity contribution in [2.45, 2.75) is 17.3 Å². The van der Waals surface area contributed by atoms with Crippen LogP contribution in [0.1, 0.15) is 18.1 Å². The second-order valence-corrected chi connectivity index (χ2v) is 7.48. The third-order valence-corrected chi connectivity index (χ3v) is 5.41. The van der Waals surface area contributed by atoms with Crippen LogP contribution in [-0.2, 0) is 0 Å². The standard InChI is InChI=1S/C16H14N6OS2/c1-10(14-19-20-15(23-14)11-6-3-2-4-7-11)25-16-21-18-13(22(16)17)12-8-5-9-24-12/h2-10H,17H2,1H3. The molecule has 7 nitrogen and oxygen atoms in total. The third-order valence-electron chi connectivity index (χ3n) is 3.50. The molecule has 0 aliphatic carbocycles. The van der Waals surface area contributed by atoms with Gasteiger partial charge in [0.2, 0.25) is 16.9 Å². The molecule has 9 heteroatoms. The SMILES string of the molecule is CC(Sc1nnc(-c2cccs2)n1N)c1nnc(-c2ccccc2)o1. The van der Waals surface area contributed by atoms with E-state index in [1.54, 1.807) is 11.3 Å². The van der Waals surface area contributed by atoms with E-state index in [4.69, 9.17) is 10.3 Å². The Morgan fingerprint density at radius 3 is 2.68 bits per heavy atom. The first kappa shape index (κ1) is 15.9. The number of rotatable bonds is 5. The van der Waals surface area contributed by atoms with Gasteiger partial charge in [0.25, 0.3) is 0 Å². The van der Waals surface area contributed by atoms with E-state index < -0.39 is 0 Å². The van der Waals surface area contributed by atoms with Crippen molar-refractivity contribution in [2.24, 2.45) is 0 Å². The molecule has 0 radical (unpaired) electrons. The summed E-state index contributed by atoms with van der Waals surface area (Å²) in [5.41, 5.74) is 0.889. The van der Waals surface area contributed by atoms with Crippen molar-refractivity contribution in [3.63, 3.8) is 0 Å². The summed E-state index contributed by atoms with van der Waals surface area (Å²) in [6, 6.07) is 13.6. The van der Waals surface area contributed by atoms with Gasteiger partial charge in [0.15, 0.2) is 5.82 Å². The lowest BCUT2D eigenvalue weighted by Gasteiger charge is -2.06. The van der Waals surface area contributed by atoms with Crippen molar-refractivity contribution in [3.05, 3.63) is 53.7 Å². The van der Waals surface area contributed by atoms with E-state index in [0.29, 0.717) is 22.8 Å². The fraction of sp³-hybridized carbons (Fsp3) is 0.125. The van der Waals surface area contributed by atoms with Gasteiger partial charge in [0, 0.05) is 5.56 Å². The van der Waals surface area contributed by atoms with Crippen molar-refractivity contribution in [2.75, 3.05) is 5.84 Å². The highest BCUT2D eigenvalue weighted by Crippen LogP contribution is 2.35. The molecule has 1 atom stereocenters. The molecule has 3 aromatic heterocycles. The van der Waals surface area contributed by atoms with Gasteiger partial charge in [-0.15, -0.1) is 31.7 Å². The van der Waals surface area contributed by atoms with Crippen LogP contribution in [0.2, 0.25) is 0 Å². The molecule has 0 fully saturated rings. The summed E-state index contributed by atoms with van der Waals surface area (Å²) in [4.78, 5) is 0.971. The molecule has 0 saturated heterocycles. The Balaban J connectivity index is 1.53. The largest absolute Gasteiger partial charge is 0.419 e. The molecule has 0 amide bonds. The molecule has 25 heavy (non-hydrogen) atoms. The molecule has 0 aliphatic rings. The Morgan fingerprint density at radius 1 is 1.08 bits per heavy atom. The summed E-state index contributed by atoms with van der Waals surface area (Å²) >= 11 is 2.99. The predicted molar refractivity (Wildman–Crippen MR) is 97.5 cm³/mol. The van der Waals surface area contributed by atoms with E-state index in [0.717, 1.165) is 10.4 Å². The minimum atomic E-state index is -0.104. The van der Waals surface area contributed by atoms with E-state index >= 15 is 0 Å². The Morgan fingerprint density at radius 2 is 1.92 bits per heavy atom. The summed E-state index contributed by atoms with van der Waals surface area (Å²) < 4.78 is 7.27. The molecule has 0 saturated carbocycles. The van der Waals surface area contributed by atoms with Gasteiger partial charge in [-0.3, -0.25) is 0 Å². The molecule has 0 bridgehead atoms. The maximum Gasteiger partial charge on any atom is 0.247 e. The highest BCUT2D eigenvalue weighted by atomic mass is 32.2. The summed E-state index contributed by atoms with van der Waals surface area (Å²) in [5.74, 6) is 7.78. The van der Waals surface area contributed by atoms with Crippen molar-refractivity contribution in [3.8, 4) is 22.2 Å². The van der Waals surface area contributed by atoms with Crippen molar-refractivity contribution in [1.82, 2.24) is 25.1 Å². The first-order chi connectivity index (χ1) is 12.2. The normalized spacial score (nSPS) is 12.4. The van der Waals surface area contributed by atoms with Crippen LogP contribution in [0.3, 0.4) is 0 Å². The fourth-order valence-corrected chi connectivity index (χ4v) is 3.74. The van der Waals surface area contributed by atoms with Gasteiger partial charge in [-0.1, -0.05) is 36.0 Å². The lowest BCUT2D eigenvalue weighted by atomic mass is 10.2. The lowest BCUT2D eigenvalue weighted by Crippen LogP contribution is -2.11. The number of nitrogen functional groups attached to an aromatic ring is 1. The highest BCUT2D eigenvalue weighted by Gasteiger charge is 2.21. The summed E-state index contributed by atoms with van der Waals surface area (Å²) in [5, 5.41) is 19.1. The summed E-state index contributed by atoms with van der Waals surface area (Å²) in [6.07, 6.45) is 0. The number of aromatic nitrogens is 5. The molecule has 4 rings (SSSR count). The molecule has 0 aliphatic heterocycles. The number of thiophene rings is 1. The number of hydrogen-bond donors (Lipinski definition) is 1. The smallest absolute Gasteiger partial charge is 0.247 e. The Labute approximate surface area is 151 Å². The second-order valence-electron chi connectivity index (χ2n) is 5.23. The summed E-state index contributed by atoms with van der Waals surface area (Å²) in [6.45, 7) is 1.96. The molecule has 2 N–H and O–H groups in total. The van der Waals surface area contributed by atoms with E-state index in [1.807, 2.05) is 54.8 Å². The molecule has 1 aromatic carbocycles. The first-order valence-electron chi connectivity index (χ1n) is 7.52. The topological polar surface area (TPSA) is 95.7 Å². The zero-order valence-electron chi connectivity index (χ0n) is 13.2. The summed E-state index contributed by atoms with van der Waals surface area (Å²) in [7, 11) is 0. The Kier molecular flexibility index (Phi) is 4.24. The van der Waals surface area contributed by atoms with Crippen molar-refractivity contribution in [1.29, 1.82) is 0 Å². The van der Waals surface area contributed by atoms with Gasteiger partial charge in [-0.25, -0.2) is 4.68 Å². The number of thioether (sulfide) groups is 1. The van der Waals surface area contributed by atoms with Crippen LogP contribution in [0.25, 0.3) is 22.2 Å². The van der Waals surface area contributed by atoms with Crippen LogP contribution in [0, 0.1) is 0 Å². The zero-order valence-corrected chi connectivity index (χ0v) is 14.9. The van der Waals surface area contributed by atoms with E-state index in [1.165, 1.54) is 16.4 Å². The van der Waals surface area contributed by atoms with Crippen LogP contribution in [-0.4, -0.2) is 25.1 Å². The molecule has 126 valence electrons. The Bertz CT molecular complexity index is 964. The third kappa shape index (κ3) is 3.15. The van der Waals surface area contributed by atoms with Gasteiger partial charge in [-0.2, -0.15) is 0 Å². The van der Waals surface area contributed by atoms with Gasteiger partial charge in [0.05, 0.1) is 10.1 Å². The van der Waals surface area contributed by atoms with Crippen LogP contribution in [0.15, 0.2) is 57.4 Å². The number of nitrogens with two attached hydrogens (primary N) is 1. The van der Waals surface area contributed by atoms with Gasteiger partial charge in [0.1, 0.15) is 0 Å². The van der Waals surface area contributed by atoms with Crippen LogP contribution < -0.4 is 5.84 Å². The lowest BCUT2D eigenvalue weighted by molar-refractivity contribution is 0.509. The fourth-order valence-electron chi connectivity index (χ4n) is 2.24. The number of nitrogens with zero attached hydrogens (tertiary/aromatic N) is 5. The average molecular weight is 370 g/mol. The maximum absolute atomic E-state index is 6.13. The monoisotopic (exact) mass is 370 g/mol. The molecule has 4 aromatic rings. The van der Waals surface area contributed by atoms with Gasteiger partial charge >= 0.3 is 0 Å². The number of hydrogen-bond acceptors (Lipinski definition) is 8. The predicted octanol–water partition coefficient (Wildman–Crippen LogP) is 3.62. The van der Waals surface area contributed by atoms with Crippen LogP contribution in [0.5, 0.6) is 0 Å². The zero-order chi connectivity index (χ0) is 17.2. The van der Waals surface area contributed by atoms with Crippen molar-refractivity contribution < 1.29 is 4.42 Å². The molecule has 0 spiro atoms. The van der Waals surface area contributed by atoms with E-state index in [9.17, 15) is 0 Å². The Hall–Kier alpha value is -2.65. The first-order valence-corrected chi connectivity index (χ1v) is 9.28. The average Bonchev–Trinajstić information content (AvgIpc) is 3.37. The molecule has 1 unspecified atom stereocenters. The van der Waals surface area contributed by atoms with Crippen molar-refractivity contribution >= 4 is 23.1 Å². The second kappa shape index (κ2) is 6.69.